The van der Waals surface area contributed by atoms with Gasteiger partial charge in [0, 0.05) is 6.42 Å². The van der Waals surface area contributed by atoms with Crippen molar-refractivity contribution < 1.29 is 14.6 Å². The molecule has 0 rings (SSSR count). The summed E-state index contributed by atoms with van der Waals surface area (Å²) in [6.45, 7) is 2.04. The van der Waals surface area contributed by atoms with Crippen LogP contribution in [0.1, 0.15) is 71.1 Å². The highest BCUT2D eigenvalue weighted by Gasteiger charge is 2.20. The van der Waals surface area contributed by atoms with E-state index >= 15 is 0 Å². The van der Waals surface area contributed by atoms with Crippen molar-refractivity contribution in [3.63, 3.8) is 0 Å². The fourth-order valence-corrected chi connectivity index (χ4v) is 2.34. The molecule has 0 fully saturated rings. The van der Waals surface area contributed by atoms with Crippen molar-refractivity contribution in [1.82, 2.24) is 0 Å². The van der Waals surface area contributed by atoms with Crippen molar-refractivity contribution in [2.24, 2.45) is 0 Å². The zero-order chi connectivity index (χ0) is 20.3. The lowest BCUT2D eigenvalue weighted by molar-refractivity contribution is -0.450. The molecule has 0 aromatic rings. The van der Waals surface area contributed by atoms with Gasteiger partial charge in [-0.25, -0.2) is 0 Å². The highest BCUT2D eigenvalue weighted by atomic mass is 16.6. The van der Waals surface area contributed by atoms with Gasteiger partial charge in [-0.1, -0.05) is 44.1 Å². The maximum absolute atomic E-state index is 11.2. The van der Waals surface area contributed by atoms with Crippen molar-refractivity contribution in [3.05, 3.63) is 68.1 Å². The Kier molecular flexibility index (Phi) is 15.3. The Morgan fingerprint density at radius 2 is 1.33 bits per heavy atom. The molecule has 0 bridgehead atoms. The zero-order valence-corrected chi connectivity index (χ0v) is 16.0. The molecule has 0 saturated heterocycles. The predicted molar refractivity (Wildman–Crippen MR) is 106 cm³/mol. The van der Waals surface area contributed by atoms with Crippen molar-refractivity contribution in [1.29, 1.82) is 0 Å². The minimum absolute atomic E-state index is 0.138. The van der Waals surface area contributed by atoms with E-state index in [1.54, 1.807) is 0 Å². The summed E-state index contributed by atoms with van der Waals surface area (Å²) < 4.78 is 0. The second-order valence-corrected chi connectivity index (χ2v) is 6.06. The molecule has 150 valence electrons. The molecule has 0 saturated carbocycles. The van der Waals surface area contributed by atoms with Gasteiger partial charge in [-0.05, 0) is 50.7 Å². The minimum atomic E-state index is -0.554. The summed E-state index contributed by atoms with van der Waals surface area (Å²) in [6, 6.07) is 0. The van der Waals surface area contributed by atoms with Crippen molar-refractivity contribution in [3.8, 4) is 0 Å². The lowest BCUT2D eigenvalue weighted by Crippen LogP contribution is -2.06. The van der Waals surface area contributed by atoms with E-state index in [1.165, 1.54) is 12.2 Å². The first-order valence-electron chi connectivity index (χ1n) is 9.43. The maximum atomic E-state index is 11.2. The summed E-state index contributed by atoms with van der Waals surface area (Å²) in [5.41, 5.74) is -0.293. The smallest absolute Gasteiger partial charge is 0.253 e. The molecule has 7 nitrogen and oxygen atoms in total. The van der Waals surface area contributed by atoms with Crippen LogP contribution in [0.2, 0.25) is 0 Å². The van der Waals surface area contributed by atoms with Gasteiger partial charge in [0.05, 0.1) is 9.85 Å². The average Bonchev–Trinajstić information content (AvgIpc) is 2.63. The van der Waals surface area contributed by atoms with Gasteiger partial charge in [0.25, 0.3) is 11.4 Å². The number of unbranched alkanes of at least 4 members (excludes halogenated alkanes) is 5. The molecular formula is C20H30N2O5. The Bertz CT molecular complexity index is 577. The molecule has 0 radical (unpaired) electrons. The van der Waals surface area contributed by atoms with Crippen LogP contribution in [0.25, 0.3) is 0 Å². The molecule has 7 heteroatoms. The molecule has 0 aliphatic rings. The Balaban J connectivity index is 4.60. The monoisotopic (exact) mass is 378 g/mol. The van der Waals surface area contributed by atoms with E-state index in [9.17, 15) is 25.0 Å². The number of hydrogen-bond donors (Lipinski definition) is 0. The number of carbonyl (C=O) groups excluding carboxylic acids is 1. The number of allylic oxidation sites excluding steroid dienone is 6. The average molecular weight is 378 g/mol. The molecule has 0 N–H and O–H groups in total. The van der Waals surface area contributed by atoms with E-state index in [-0.39, 0.29) is 17.8 Å². The van der Waals surface area contributed by atoms with Gasteiger partial charge in [-0.3, -0.25) is 20.2 Å². The van der Waals surface area contributed by atoms with Crippen LogP contribution in [0.3, 0.4) is 0 Å². The first-order valence-corrected chi connectivity index (χ1v) is 9.43. The molecule has 0 aromatic heterocycles. The Morgan fingerprint density at radius 3 is 1.93 bits per heavy atom. The lowest BCUT2D eigenvalue weighted by Gasteiger charge is -1.99. The van der Waals surface area contributed by atoms with Crippen LogP contribution in [-0.4, -0.2) is 16.1 Å². The van der Waals surface area contributed by atoms with E-state index in [0.717, 1.165) is 44.8 Å². The van der Waals surface area contributed by atoms with Crippen LogP contribution in [0.15, 0.2) is 47.9 Å². The van der Waals surface area contributed by atoms with Crippen LogP contribution in [0, 0.1) is 20.2 Å². The second kappa shape index (κ2) is 16.9. The van der Waals surface area contributed by atoms with Gasteiger partial charge in [0.15, 0.2) is 0 Å². The molecule has 0 aliphatic heterocycles. The molecule has 27 heavy (non-hydrogen) atoms. The lowest BCUT2D eigenvalue weighted by atomic mass is 10.1. The quantitative estimate of drug-likeness (QED) is 0.115. The van der Waals surface area contributed by atoms with Crippen molar-refractivity contribution >= 4 is 6.29 Å². The van der Waals surface area contributed by atoms with Crippen LogP contribution >= 0.6 is 0 Å². The Hall–Kier alpha value is -2.57. The Labute approximate surface area is 160 Å². The van der Waals surface area contributed by atoms with Gasteiger partial charge in [-0.15, -0.1) is 0 Å². The molecule has 0 heterocycles. The first-order chi connectivity index (χ1) is 13.0. The molecule has 0 amide bonds. The molecule has 0 spiro atoms. The minimum Gasteiger partial charge on any atom is -0.303 e. The number of carbonyl (C=O) groups is 1. The summed E-state index contributed by atoms with van der Waals surface area (Å²) in [5, 5.41) is 22.3. The van der Waals surface area contributed by atoms with Crippen molar-refractivity contribution in [2.75, 3.05) is 0 Å². The van der Waals surface area contributed by atoms with E-state index < -0.39 is 9.85 Å². The SMILES string of the molecule is CC/C=C/C/C=C/C/C=C(/C/C(=C/CCCCCCC=O)[N+](=O)[O-])[N+](=O)[O-]. The second-order valence-electron chi connectivity index (χ2n) is 6.06. The van der Waals surface area contributed by atoms with Crippen LogP contribution in [-0.2, 0) is 4.79 Å². The van der Waals surface area contributed by atoms with E-state index in [0.29, 0.717) is 19.3 Å². The third kappa shape index (κ3) is 14.3. The third-order valence-corrected chi connectivity index (χ3v) is 3.82. The normalized spacial score (nSPS) is 12.8. The number of hydrogen-bond acceptors (Lipinski definition) is 5. The summed E-state index contributed by atoms with van der Waals surface area (Å²) in [6.07, 6.45) is 17.8. The van der Waals surface area contributed by atoms with Crippen LogP contribution in [0.4, 0.5) is 0 Å². The molecule has 0 aliphatic carbocycles. The van der Waals surface area contributed by atoms with Gasteiger partial charge in [0.2, 0.25) is 0 Å². The van der Waals surface area contributed by atoms with E-state index in [1.807, 2.05) is 31.2 Å². The predicted octanol–water partition coefficient (Wildman–Crippen LogP) is 5.54. The standard InChI is InChI=1S/C20H30N2O5/c1-2-3-4-5-6-9-12-15-19(21(24)25)18-20(22(26)27)16-13-10-7-8-11-14-17-23/h3-4,6,9,15-17H,2,5,7-8,10-14,18H2,1H3/b4-3+,9-6+,19-15-,20-16-. The van der Waals surface area contributed by atoms with Crippen molar-refractivity contribution in [2.45, 2.75) is 71.1 Å². The molecule has 0 unspecified atom stereocenters. The van der Waals surface area contributed by atoms with Gasteiger partial charge in [0.1, 0.15) is 12.7 Å². The summed E-state index contributed by atoms with van der Waals surface area (Å²) in [5.74, 6) is 0. The van der Waals surface area contributed by atoms with Crippen LogP contribution in [0.5, 0.6) is 0 Å². The van der Waals surface area contributed by atoms with Gasteiger partial charge in [-0.2, -0.15) is 0 Å². The highest BCUT2D eigenvalue weighted by Crippen LogP contribution is 2.16. The van der Waals surface area contributed by atoms with Crippen LogP contribution < -0.4 is 0 Å². The number of nitrogens with zero attached hydrogens (tertiary/aromatic N) is 2. The van der Waals surface area contributed by atoms with Gasteiger partial charge >= 0.3 is 0 Å². The zero-order valence-electron chi connectivity index (χ0n) is 16.0. The fraction of sp³-hybridized carbons (Fsp3) is 0.550. The Morgan fingerprint density at radius 1 is 0.778 bits per heavy atom. The number of nitro groups is 2. The summed E-state index contributed by atoms with van der Waals surface area (Å²) >= 11 is 0. The van der Waals surface area contributed by atoms with E-state index in [4.69, 9.17) is 0 Å². The van der Waals surface area contributed by atoms with Gasteiger partial charge < -0.3 is 4.79 Å². The molecule has 0 aromatic carbocycles. The van der Waals surface area contributed by atoms with E-state index in [2.05, 4.69) is 0 Å². The first kappa shape index (κ1) is 24.4. The highest BCUT2D eigenvalue weighted by molar-refractivity contribution is 5.48. The topological polar surface area (TPSA) is 103 Å². The molecular weight excluding hydrogens is 348 g/mol. The third-order valence-electron chi connectivity index (χ3n) is 3.82. The molecule has 0 atom stereocenters. The fourth-order valence-electron chi connectivity index (χ4n) is 2.34. The largest absolute Gasteiger partial charge is 0.303 e. The maximum Gasteiger partial charge on any atom is 0.253 e. The summed E-state index contributed by atoms with van der Waals surface area (Å²) in [4.78, 5) is 31.4. The summed E-state index contributed by atoms with van der Waals surface area (Å²) in [7, 11) is 0. The number of rotatable bonds is 16. The number of aldehydes is 1.